The van der Waals surface area contributed by atoms with Gasteiger partial charge in [-0.15, -0.1) is 11.8 Å². The summed E-state index contributed by atoms with van der Waals surface area (Å²) in [7, 11) is 0. The fourth-order valence-electron chi connectivity index (χ4n) is 3.25. The normalized spacial score (nSPS) is 12.7. The Morgan fingerprint density at radius 1 is 0.875 bits per heavy atom. The second-order valence-corrected chi connectivity index (χ2v) is 8.77. The fourth-order valence-corrected chi connectivity index (χ4v) is 4.31. The summed E-state index contributed by atoms with van der Waals surface area (Å²) in [6.07, 6.45) is -0.297. The van der Waals surface area contributed by atoms with Gasteiger partial charge in [0.05, 0.1) is 12.1 Å². The molecule has 0 radical (unpaired) electrons. The molecule has 0 spiro atoms. The predicted molar refractivity (Wildman–Crippen MR) is 124 cm³/mol. The zero-order chi connectivity index (χ0) is 22.9. The third kappa shape index (κ3) is 6.89. The third-order valence-corrected chi connectivity index (χ3v) is 5.95. The molecule has 3 aromatic rings. The summed E-state index contributed by atoms with van der Waals surface area (Å²) in [6, 6.07) is 25.5. The molecule has 2 unspecified atom stereocenters. The molecule has 0 bridgehead atoms. The molecule has 3 rings (SSSR count). The maximum absolute atomic E-state index is 13.4. The van der Waals surface area contributed by atoms with Crippen LogP contribution in [-0.4, -0.2) is 18.0 Å². The smallest absolute Gasteiger partial charge is 0.238 e. The number of ether oxygens (including phenoxy) is 1. The summed E-state index contributed by atoms with van der Waals surface area (Å²) in [6.45, 7) is 3.86. The van der Waals surface area contributed by atoms with Gasteiger partial charge in [0.1, 0.15) is 11.0 Å². The van der Waals surface area contributed by atoms with Crippen LogP contribution in [0.15, 0.2) is 89.8 Å². The Morgan fingerprint density at radius 2 is 1.47 bits per heavy atom. The van der Waals surface area contributed by atoms with Gasteiger partial charge in [0.25, 0.3) is 0 Å². The fraction of sp³-hybridized carbons (Fsp3) is 0.231. The number of carboxylic acids is 1. The van der Waals surface area contributed by atoms with Crippen molar-refractivity contribution in [2.45, 2.75) is 42.6 Å². The molecule has 166 valence electrons. The molecule has 0 aromatic heterocycles. The number of carbonyl (C=O) groups excluding carboxylic acids is 2. The average molecular weight is 449 g/mol. The van der Waals surface area contributed by atoms with Crippen molar-refractivity contribution < 1.29 is 19.4 Å². The van der Waals surface area contributed by atoms with Crippen LogP contribution < -0.4 is 15.2 Å². The van der Waals surface area contributed by atoms with E-state index in [0.717, 1.165) is 10.5 Å². The number of carboxylic acid groups (broad SMARTS) is 1. The first kappa shape index (κ1) is 23.4. The highest BCUT2D eigenvalue weighted by Gasteiger charge is 2.25. The Labute approximate surface area is 192 Å². The van der Waals surface area contributed by atoms with Crippen LogP contribution in [0.2, 0.25) is 0 Å². The lowest BCUT2D eigenvalue weighted by molar-refractivity contribution is -0.306. The van der Waals surface area contributed by atoms with Crippen molar-refractivity contribution in [1.82, 2.24) is 5.32 Å². The molecule has 5 nitrogen and oxygen atoms in total. The molecule has 0 aliphatic carbocycles. The van der Waals surface area contributed by atoms with Crippen LogP contribution in [0.3, 0.4) is 0 Å². The number of hydrogen-bond donors (Lipinski definition) is 1. The summed E-state index contributed by atoms with van der Waals surface area (Å²) in [5, 5.41) is 13.8. The van der Waals surface area contributed by atoms with Gasteiger partial charge in [-0.1, -0.05) is 60.7 Å². The highest BCUT2D eigenvalue weighted by atomic mass is 32.2. The van der Waals surface area contributed by atoms with Gasteiger partial charge in [-0.3, -0.25) is 4.79 Å². The molecular formula is C26H26NO4S-. The topological polar surface area (TPSA) is 78.5 Å². The number of aliphatic carboxylic acids is 1. The van der Waals surface area contributed by atoms with E-state index < -0.39 is 17.3 Å². The Kier molecular flexibility index (Phi) is 8.34. The predicted octanol–water partition coefficient (Wildman–Crippen LogP) is 4.30. The van der Waals surface area contributed by atoms with E-state index in [0.29, 0.717) is 11.3 Å². The van der Waals surface area contributed by atoms with E-state index in [1.165, 1.54) is 11.8 Å². The van der Waals surface area contributed by atoms with Gasteiger partial charge in [-0.2, -0.15) is 0 Å². The molecule has 32 heavy (non-hydrogen) atoms. The summed E-state index contributed by atoms with van der Waals surface area (Å²) in [5.41, 5.74) is 1.52. The van der Waals surface area contributed by atoms with Crippen LogP contribution in [0, 0.1) is 0 Å². The van der Waals surface area contributed by atoms with Crippen molar-refractivity contribution in [2.75, 3.05) is 0 Å². The number of hydrogen-bond acceptors (Lipinski definition) is 5. The molecule has 1 amide bonds. The minimum Gasteiger partial charge on any atom is -0.550 e. The van der Waals surface area contributed by atoms with E-state index >= 15 is 0 Å². The monoisotopic (exact) mass is 448 g/mol. The van der Waals surface area contributed by atoms with Crippen molar-refractivity contribution in [2.24, 2.45) is 0 Å². The van der Waals surface area contributed by atoms with E-state index in [-0.39, 0.29) is 18.4 Å². The highest BCUT2D eigenvalue weighted by molar-refractivity contribution is 8.00. The standard InChI is InChI=1S/C26H27NO4S/c1-18(2)31-21-15-13-19(14-16-21)23(17-24(28)29)27-26(30)25(20-9-5-3-6-10-20)32-22-11-7-4-8-12-22/h3-16,18,23,25H,17H2,1-2H3,(H,27,30)(H,28,29)/p-1. The van der Waals surface area contributed by atoms with E-state index in [1.54, 1.807) is 24.3 Å². The van der Waals surface area contributed by atoms with E-state index in [1.807, 2.05) is 74.5 Å². The maximum Gasteiger partial charge on any atom is 0.238 e. The first-order valence-corrected chi connectivity index (χ1v) is 11.3. The number of nitrogens with one attached hydrogen (secondary N) is 1. The third-order valence-electron chi connectivity index (χ3n) is 4.68. The van der Waals surface area contributed by atoms with Gasteiger partial charge in [0.15, 0.2) is 0 Å². The van der Waals surface area contributed by atoms with E-state index in [2.05, 4.69) is 5.32 Å². The number of amides is 1. The second kappa shape index (κ2) is 11.4. The van der Waals surface area contributed by atoms with E-state index in [9.17, 15) is 14.7 Å². The Bertz CT molecular complexity index is 1010. The van der Waals surface area contributed by atoms with Crippen LogP contribution in [0.5, 0.6) is 5.75 Å². The molecule has 0 heterocycles. The van der Waals surface area contributed by atoms with Gasteiger partial charge in [0.2, 0.25) is 5.91 Å². The molecule has 0 aliphatic rings. The number of thioether (sulfide) groups is 1. The molecule has 3 aromatic carbocycles. The van der Waals surface area contributed by atoms with Crippen LogP contribution in [0.1, 0.15) is 42.7 Å². The van der Waals surface area contributed by atoms with Crippen molar-refractivity contribution in [3.63, 3.8) is 0 Å². The molecule has 0 fully saturated rings. The first-order valence-electron chi connectivity index (χ1n) is 10.5. The summed E-state index contributed by atoms with van der Waals surface area (Å²) >= 11 is 1.42. The Morgan fingerprint density at radius 3 is 2.03 bits per heavy atom. The number of benzene rings is 3. The van der Waals surface area contributed by atoms with Gasteiger partial charge >= 0.3 is 0 Å². The SMILES string of the molecule is CC(C)Oc1ccc(C(CC(=O)[O-])NC(=O)C(Sc2ccccc2)c2ccccc2)cc1. The first-order chi connectivity index (χ1) is 15.4. The number of rotatable bonds is 10. The molecule has 0 aliphatic heterocycles. The summed E-state index contributed by atoms with van der Waals surface area (Å²) < 4.78 is 5.65. The van der Waals surface area contributed by atoms with Crippen LogP contribution >= 0.6 is 11.8 Å². The van der Waals surface area contributed by atoms with Gasteiger partial charge in [-0.05, 0) is 49.2 Å². The Balaban J connectivity index is 1.84. The Hall–Kier alpha value is -3.25. The van der Waals surface area contributed by atoms with Crippen LogP contribution in [-0.2, 0) is 9.59 Å². The maximum atomic E-state index is 13.4. The van der Waals surface area contributed by atoms with Gasteiger partial charge in [-0.25, -0.2) is 0 Å². The molecule has 0 saturated heterocycles. The van der Waals surface area contributed by atoms with Crippen molar-refractivity contribution in [3.05, 3.63) is 96.1 Å². The molecule has 1 N–H and O–H groups in total. The minimum atomic E-state index is -1.23. The van der Waals surface area contributed by atoms with Crippen molar-refractivity contribution in [1.29, 1.82) is 0 Å². The molecular weight excluding hydrogens is 422 g/mol. The van der Waals surface area contributed by atoms with Gasteiger partial charge < -0.3 is 20.0 Å². The van der Waals surface area contributed by atoms with E-state index in [4.69, 9.17) is 4.74 Å². The molecule has 0 saturated carbocycles. The molecule has 2 atom stereocenters. The largest absolute Gasteiger partial charge is 0.550 e. The molecule has 6 heteroatoms. The summed E-state index contributed by atoms with van der Waals surface area (Å²) in [5.74, 6) is -0.812. The van der Waals surface area contributed by atoms with Crippen LogP contribution in [0.4, 0.5) is 0 Å². The lowest BCUT2D eigenvalue weighted by Gasteiger charge is -2.24. The van der Waals surface area contributed by atoms with Crippen LogP contribution in [0.25, 0.3) is 0 Å². The van der Waals surface area contributed by atoms with Gasteiger partial charge in [0, 0.05) is 17.3 Å². The quantitative estimate of drug-likeness (QED) is 0.468. The summed E-state index contributed by atoms with van der Waals surface area (Å²) in [4.78, 5) is 25.7. The second-order valence-electron chi connectivity index (χ2n) is 7.59. The lowest BCUT2D eigenvalue weighted by Crippen LogP contribution is -2.36. The minimum absolute atomic E-state index is 0.0289. The zero-order valence-electron chi connectivity index (χ0n) is 18.1. The van der Waals surface area contributed by atoms with Crippen molar-refractivity contribution in [3.8, 4) is 5.75 Å². The number of carbonyl (C=O) groups is 2. The van der Waals surface area contributed by atoms with Crippen molar-refractivity contribution >= 4 is 23.6 Å². The average Bonchev–Trinajstić information content (AvgIpc) is 2.78. The lowest BCUT2D eigenvalue weighted by atomic mass is 10.0. The zero-order valence-corrected chi connectivity index (χ0v) is 18.9. The highest BCUT2D eigenvalue weighted by Crippen LogP contribution is 2.36.